The van der Waals surface area contributed by atoms with Gasteiger partial charge in [0.05, 0.1) is 12.7 Å². The second kappa shape index (κ2) is 10.5. The summed E-state index contributed by atoms with van der Waals surface area (Å²) in [6.45, 7) is 9.38. The molecule has 1 rings (SSSR count). The first-order valence-electron chi connectivity index (χ1n) is 7.83. The van der Waals surface area contributed by atoms with Crippen LogP contribution < -0.4 is 14.8 Å². The van der Waals surface area contributed by atoms with Crippen molar-refractivity contribution >= 4 is 0 Å². The van der Waals surface area contributed by atoms with Crippen molar-refractivity contribution < 1.29 is 14.2 Å². The average molecular weight is 295 g/mol. The molecule has 0 aliphatic carbocycles. The highest BCUT2D eigenvalue weighted by atomic mass is 16.5. The van der Waals surface area contributed by atoms with E-state index in [2.05, 4.69) is 31.3 Å². The fraction of sp³-hybridized carbons (Fsp3) is 0.647. The molecular weight excluding hydrogens is 266 g/mol. The summed E-state index contributed by atoms with van der Waals surface area (Å²) in [6.07, 6.45) is 2.19. The molecule has 0 fully saturated rings. The third kappa shape index (κ3) is 6.82. The van der Waals surface area contributed by atoms with E-state index in [1.54, 1.807) is 7.11 Å². The summed E-state index contributed by atoms with van der Waals surface area (Å²) in [5.74, 6) is 1.66. The van der Waals surface area contributed by atoms with Crippen LogP contribution in [-0.2, 0) is 11.3 Å². The summed E-state index contributed by atoms with van der Waals surface area (Å²) < 4.78 is 16.6. The van der Waals surface area contributed by atoms with E-state index in [0.717, 1.165) is 44.0 Å². The van der Waals surface area contributed by atoms with Gasteiger partial charge in [-0.1, -0.05) is 13.0 Å². The van der Waals surface area contributed by atoms with Crippen molar-refractivity contribution in [1.82, 2.24) is 5.32 Å². The third-order valence-electron chi connectivity index (χ3n) is 3.24. The minimum Gasteiger partial charge on any atom is -0.490 e. The molecule has 1 N–H and O–H groups in total. The highest BCUT2D eigenvalue weighted by molar-refractivity contribution is 5.43. The van der Waals surface area contributed by atoms with Crippen LogP contribution in [0.2, 0.25) is 0 Å². The normalized spacial score (nSPS) is 12.2. The molecule has 4 heteroatoms. The van der Waals surface area contributed by atoms with Gasteiger partial charge in [-0.15, -0.1) is 0 Å². The SMILES string of the molecule is CCOc1cc(CNCCCOC)ccc1O[C@@H](C)CC. The minimum atomic E-state index is 0.197. The first kappa shape index (κ1) is 17.8. The minimum absolute atomic E-state index is 0.197. The average Bonchev–Trinajstić information content (AvgIpc) is 2.49. The van der Waals surface area contributed by atoms with Gasteiger partial charge in [-0.3, -0.25) is 0 Å². The number of rotatable bonds is 11. The predicted molar refractivity (Wildman–Crippen MR) is 86.2 cm³/mol. The van der Waals surface area contributed by atoms with E-state index in [0.29, 0.717) is 6.61 Å². The van der Waals surface area contributed by atoms with Gasteiger partial charge in [0.1, 0.15) is 0 Å². The lowest BCUT2D eigenvalue weighted by atomic mass is 10.2. The van der Waals surface area contributed by atoms with Gasteiger partial charge in [0, 0.05) is 20.3 Å². The quantitative estimate of drug-likeness (QED) is 0.635. The maximum atomic E-state index is 5.90. The fourth-order valence-electron chi connectivity index (χ4n) is 1.90. The molecule has 0 bridgehead atoms. The van der Waals surface area contributed by atoms with Crippen LogP contribution in [0.25, 0.3) is 0 Å². The highest BCUT2D eigenvalue weighted by Gasteiger charge is 2.09. The van der Waals surface area contributed by atoms with Crippen molar-refractivity contribution in [2.24, 2.45) is 0 Å². The Labute approximate surface area is 128 Å². The molecular formula is C17H29NO3. The Morgan fingerprint density at radius 3 is 2.67 bits per heavy atom. The van der Waals surface area contributed by atoms with Gasteiger partial charge < -0.3 is 19.5 Å². The Morgan fingerprint density at radius 1 is 1.19 bits per heavy atom. The summed E-state index contributed by atoms with van der Waals surface area (Å²) in [5.41, 5.74) is 1.20. The molecule has 4 nitrogen and oxygen atoms in total. The van der Waals surface area contributed by atoms with E-state index in [1.807, 2.05) is 13.0 Å². The zero-order valence-corrected chi connectivity index (χ0v) is 13.8. The van der Waals surface area contributed by atoms with Gasteiger partial charge in [-0.05, 0) is 50.9 Å². The Bertz CT molecular complexity index is 396. The Kier molecular flexibility index (Phi) is 8.87. The number of ether oxygens (including phenoxy) is 3. The molecule has 0 radical (unpaired) electrons. The van der Waals surface area contributed by atoms with Crippen molar-refractivity contribution in [3.8, 4) is 11.5 Å². The molecule has 120 valence electrons. The van der Waals surface area contributed by atoms with Crippen molar-refractivity contribution in [2.45, 2.75) is 46.3 Å². The molecule has 21 heavy (non-hydrogen) atoms. The van der Waals surface area contributed by atoms with Crippen LogP contribution in [0.5, 0.6) is 11.5 Å². The van der Waals surface area contributed by atoms with Gasteiger partial charge in [0.25, 0.3) is 0 Å². The second-order valence-corrected chi connectivity index (χ2v) is 5.07. The molecule has 0 aliphatic rings. The molecule has 0 heterocycles. The number of hydrogen-bond donors (Lipinski definition) is 1. The number of benzene rings is 1. The van der Waals surface area contributed by atoms with E-state index in [1.165, 1.54) is 5.56 Å². The first-order chi connectivity index (χ1) is 10.2. The summed E-state index contributed by atoms with van der Waals surface area (Å²) in [6, 6.07) is 6.15. The smallest absolute Gasteiger partial charge is 0.161 e. The van der Waals surface area contributed by atoms with Gasteiger partial charge in [-0.2, -0.15) is 0 Å². The zero-order valence-electron chi connectivity index (χ0n) is 13.8. The van der Waals surface area contributed by atoms with Crippen LogP contribution in [0.1, 0.15) is 39.2 Å². The molecule has 0 aliphatic heterocycles. The Hall–Kier alpha value is -1.26. The van der Waals surface area contributed by atoms with Gasteiger partial charge >= 0.3 is 0 Å². The van der Waals surface area contributed by atoms with Crippen molar-refractivity contribution in [3.05, 3.63) is 23.8 Å². The first-order valence-corrected chi connectivity index (χ1v) is 7.83. The van der Waals surface area contributed by atoms with E-state index in [-0.39, 0.29) is 6.10 Å². The summed E-state index contributed by atoms with van der Waals surface area (Å²) in [5, 5.41) is 3.40. The van der Waals surface area contributed by atoms with Gasteiger partial charge in [0.2, 0.25) is 0 Å². The standard InChI is InChI=1S/C17H29NO3/c1-5-14(3)21-16-9-8-15(12-17(16)20-6-2)13-18-10-7-11-19-4/h8-9,12,14,18H,5-7,10-11,13H2,1-4H3/t14-/m0/s1. The van der Waals surface area contributed by atoms with E-state index in [9.17, 15) is 0 Å². The van der Waals surface area contributed by atoms with Crippen molar-refractivity contribution in [2.75, 3.05) is 26.9 Å². The van der Waals surface area contributed by atoms with Crippen LogP contribution in [-0.4, -0.2) is 33.0 Å². The Balaban J connectivity index is 2.60. The van der Waals surface area contributed by atoms with Gasteiger partial charge in [-0.25, -0.2) is 0 Å². The summed E-state index contributed by atoms with van der Waals surface area (Å²) >= 11 is 0. The number of nitrogens with one attached hydrogen (secondary N) is 1. The van der Waals surface area contributed by atoms with E-state index >= 15 is 0 Å². The number of methoxy groups -OCH3 is 1. The molecule has 0 spiro atoms. The van der Waals surface area contributed by atoms with Crippen molar-refractivity contribution in [1.29, 1.82) is 0 Å². The van der Waals surface area contributed by atoms with E-state index < -0.39 is 0 Å². The van der Waals surface area contributed by atoms with Crippen LogP contribution in [0.3, 0.4) is 0 Å². The molecule has 1 atom stereocenters. The molecule has 0 unspecified atom stereocenters. The monoisotopic (exact) mass is 295 g/mol. The zero-order chi connectivity index (χ0) is 15.5. The maximum Gasteiger partial charge on any atom is 0.161 e. The molecule has 1 aromatic rings. The third-order valence-corrected chi connectivity index (χ3v) is 3.24. The molecule has 0 amide bonds. The molecule has 0 saturated heterocycles. The van der Waals surface area contributed by atoms with Crippen LogP contribution >= 0.6 is 0 Å². The van der Waals surface area contributed by atoms with Crippen LogP contribution in [0, 0.1) is 0 Å². The Morgan fingerprint density at radius 2 is 2.00 bits per heavy atom. The van der Waals surface area contributed by atoms with Crippen molar-refractivity contribution in [3.63, 3.8) is 0 Å². The summed E-state index contributed by atoms with van der Waals surface area (Å²) in [7, 11) is 1.73. The predicted octanol–water partition coefficient (Wildman–Crippen LogP) is 3.39. The largest absolute Gasteiger partial charge is 0.490 e. The lowest BCUT2D eigenvalue weighted by molar-refractivity contribution is 0.194. The van der Waals surface area contributed by atoms with Crippen LogP contribution in [0.4, 0.5) is 0 Å². The van der Waals surface area contributed by atoms with Gasteiger partial charge in [0.15, 0.2) is 11.5 Å². The summed E-state index contributed by atoms with van der Waals surface area (Å²) in [4.78, 5) is 0. The van der Waals surface area contributed by atoms with Crippen LogP contribution in [0.15, 0.2) is 18.2 Å². The molecule has 0 aromatic heterocycles. The topological polar surface area (TPSA) is 39.7 Å². The van der Waals surface area contributed by atoms with E-state index in [4.69, 9.17) is 14.2 Å². The fourth-order valence-corrected chi connectivity index (χ4v) is 1.90. The molecule has 0 saturated carbocycles. The number of hydrogen-bond acceptors (Lipinski definition) is 4. The lowest BCUT2D eigenvalue weighted by Crippen LogP contribution is -2.16. The second-order valence-electron chi connectivity index (χ2n) is 5.07. The highest BCUT2D eigenvalue weighted by Crippen LogP contribution is 2.29. The maximum absolute atomic E-state index is 5.90. The molecule has 1 aromatic carbocycles. The lowest BCUT2D eigenvalue weighted by Gasteiger charge is -2.17.